The lowest BCUT2D eigenvalue weighted by molar-refractivity contribution is 0.218. The second-order valence-electron chi connectivity index (χ2n) is 4.06. The number of rotatable bonds is 4. The smallest absolute Gasteiger partial charge is 0.321 e. The lowest BCUT2D eigenvalue weighted by atomic mass is 10.2. The van der Waals surface area contributed by atoms with Crippen molar-refractivity contribution in [2.45, 2.75) is 13.8 Å². The van der Waals surface area contributed by atoms with Gasteiger partial charge in [0.25, 0.3) is 0 Å². The molecular formula is C14H17N3O. The molecule has 0 aliphatic heterocycles. The maximum Gasteiger partial charge on any atom is 0.322 e. The number of nitriles is 1. The number of amides is 2. The van der Waals surface area contributed by atoms with Crippen molar-refractivity contribution in [3.05, 3.63) is 42.0 Å². The first-order valence-electron chi connectivity index (χ1n) is 5.78. The predicted octanol–water partition coefficient (Wildman–Crippen LogP) is 2.99. The van der Waals surface area contributed by atoms with E-state index in [1.54, 1.807) is 29.2 Å². The van der Waals surface area contributed by atoms with Gasteiger partial charge in [-0.2, -0.15) is 5.26 Å². The van der Waals surface area contributed by atoms with Gasteiger partial charge in [-0.25, -0.2) is 4.79 Å². The van der Waals surface area contributed by atoms with Crippen LogP contribution in [0.3, 0.4) is 0 Å². The van der Waals surface area contributed by atoms with Crippen LogP contribution < -0.4 is 5.32 Å². The molecule has 0 unspecified atom stereocenters. The van der Waals surface area contributed by atoms with E-state index in [1.165, 1.54) is 0 Å². The van der Waals surface area contributed by atoms with E-state index in [0.717, 1.165) is 5.57 Å². The molecule has 0 spiro atoms. The number of hydrogen-bond acceptors (Lipinski definition) is 2. The Kier molecular flexibility index (Phi) is 4.94. The number of likely N-dealkylation sites (N-methyl/N-ethyl adjacent to an activating group) is 1. The molecule has 1 N–H and O–H groups in total. The molecule has 18 heavy (non-hydrogen) atoms. The van der Waals surface area contributed by atoms with Crippen LogP contribution in [0.4, 0.5) is 10.5 Å². The van der Waals surface area contributed by atoms with Gasteiger partial charge < -0.3 is 10.2 Å². The van der Waals surface area contributed by atoms with Crippen LogP contribution in [-0.4, -0.2) is 24.0 Å². The summed E-state index contributed by atoms with van der Waals surface area (Å²) < 4.78 is 0. The zero-order valence-electron chi connectivity index (χ0n) is 10.7. The highest BCUT2D eigenvalue weighted by Crippen LogP contribution is 2.14. The third-order valence-electron chi connectivity index (χ3n) is 2.42. The largest absolute Gasteiger partial charge is 0.322 e. The third kappa shape index (κ3) is 3.63. The van der Waals surface area contributed by atoms with Gasteiger partial charge in [-0.1, -0.05) is 24.3 Å². The van der Waals surface area contributed by atoms with Crippen LogP contribution in [0, 0.1) is 11.3 Å². The maximum atomic E-state index is 12.0. The molecule has 94 valence electrons. The fourth-order valence-corrected chi connectivity index (χ4v) is 1.54. The van der Waals surface area contributed by atoms with Gasteiger partial charge in [0.05, 0.1) is 11.3 Å². The minimum absolute atomic E-state index is 0.219. The van der Waals surface area contributed by atoms with E-state index in [4.69, 9.17) is 5.26 Å². The number of carbonyl (C=O) groups is 1. The molecule has 1 rings (SSSR count). The monoisotopic (exact) mass is 243 g/mol. The fraction of sp³-hybridized carbons (Fsp3) is 0.286. The van der Waals surface area contributed by atoms with E-state index in [0.29, 0.717) is 24.3 Å². The van der Waals surface area contributed by atoms with E-state index in [9.17, 15) is 4.79 Å². The molecule has 2 amide bonds. The summed E-state index contributed by atoms with van der Waals surface area (Å²) in [6, 6.07) is 8.76. The normalized spacial score (nSPS) is 9.39. The number of hydrogen-bond donors (Lipinski definition) is 1. The number of carbonyl (C=O) groups excluding carboxylic acids is 1. The second kappa shape index (κ2) is 6.45. The molecular weight excluding hydrogens is 226 g/mol. The second-order valence-corrected chi connectivity index (χ2v) is 4.06. The summed E-state index contributed by atoms with van der Waals surface area (Å²) in [7, 11) is 0. The predicted molar refractivity (Wildman–Crippen MR) is 72.2 cm³/mol. The Hall–Kier alpha value is -2.28. The molecule has 1 aromatic carbocycles. The molecule has 4 nitrogen and oxygen atoms in total. The topological polar surface area (TPSA) is 56.1 Å². The quantitative estimate of drug-likeness (QED) is 0.826. The van der Waals surface area contributed by atoms with Crippen molar-refractivity contribution in [1.82, 2.24) is 4.90 Å². The van der Waals surface area contributed by atoms with Crippen LogP contribution in [0.5, 0.6) is 0 Å². The first-order valence-corrected chi connectivity index (χ1v) is 5.78. The highest BCUT2D eigenvalue weighted by Gasteiger charge is 2.12. The number of nitrogens with zero attached hydrogens (tertiary/aromatic N) is 2. The molecule has 0 aromatic heterocycles. The van der Waals surface area contributed by atoms with Gasteiger partial charge in [0.2, 0.25) is 0 Å². The van der Waals surface area contributed by atoms with Crippen LogP contribution >= 0.6 is 0 Å². The first-order chi connectivity index (χ1) is 8.58. The van der Waals surface area contributed by atoms with Crippen LogP contribution in [-0.2, 0) is 0 Å². The maximum absolute atomic E-state index is 12.0. The molecule has 0 saturated carbocycles. The Morgan fingerprint density at radius 2 is 2.17 bits per heavy atom. The van der Waals surface area contributed by atoms with E-state index in [2.05, 4.69) is 11.9 Å². The molecule has 4 heteroatoms. The fourth-order valence-electron chi connectivity index (χ4n) is 1.54. The molecule has 0 aliphatic rings. The molecule has 0 saturated heterocycles. The van der Waals surface area contributed by atoms with Gasteiger partial charge in [0.15, 0.2) is 0 Å². The summed E-state index contributed by atoms with van der Waals surface area (Å²) in [6.07, 6.45) is 0. The summed E-state index contributed by atoms with van der Waals surface area (Å²) in [5.41, 5.74) is 1.91. The van der Waals surface area contributed by atoms with Crippen molar-refractivity contribution in [2.24, 2.45) is 0 Å². The van der Waals surface area contributed by atoms with E-state index in [-0.39, 0.29) is 6.03 Å². The first kappa shape index (κ1) is 13.8. The Morgan fingerprint density at radius 1 is 1.50 bits per heavy atom. The van der Waals surface area contributed by atoms with Gasteiger partial charge >= 0.3 is 6.03 Å². The Balaban J connectivity index is 2.80. The summed E-state index contributed by atoms with van der Waals surface area (Å²) in [4.78, 5) is 13.6. The molecule has 0 radical (unpaired) electrons. The molecule has 1 aromatic rings. The van der Waals surface area contributed by atoms with Crippen molar-refractivity contribution in [1.29, 1.82) is 5.26 Å². The highest BCUT2D eigenvalue weighted by molar-refractivity contribution is 5.90. The van der Waals surface area contributed by atoms with Crippen molar-refractivity contribution < 1.29 is 4.79 Å². The van der Waals surface area contributed by atoms with Gasteiger partial charge in [0, 0.05) is 13.1 Å². The number of para-hydroxylation sites is 1. The van der Waals surface area contributed by atoms with E-state index >= 15 is 0 Å². The van der Waals surface area contributed by atoms with E-state index in [1.807, 2.05) is 19.9 Å². The SMILES string of the molecule is C=C(C)CN(CC)C(=O)Nc1ccccc1C#N. The highest BCUT2D eigenvalue weighted by atomic mass is 16.2. The lowest BCUT2D eigenvalue weighted by Gasteiger charge is -2.21. The lowest BCUT2D eigenvalue weighted by Crippen LogP contribution is -2.36. The number of nitrogens with one attached hydrogen (secondary N) is 1. The minimum Gasteiger partial charge on any atom is -0.321 e. The Bertz CT molecular complexity index is 488. The Labute approximate surface area is 108 Å². The van der Waals surface area contributed by atoms with Crippen molar-refractivity contribution in [2.75, 3.05) is 18.4 Å². The van der Waals surface area contributed by atoms with Crippen molar-refractivity contribution in [3.8, 4) is 6.07 Å². The average molecular weight is 243 g/mol. The van der Waals surface area contributed by atoms with Gasteiger partial charge in [0.1, 0.15) is 6.07 Å². The zero-order valence-corrected chi connectivity index (χ0v) is 10.7. The molecule has 0 atom stereocenters. The van der Waals surface area contributed by atoms with E-state index < -0.39 is 0 Å². The minimum atomic E-state index is -0.219. The summed E-state index contributed by atoms with van der Waals surface area (Å²) in [5.74, 6) is 0. The standard InChI is InChI=1S/C14H17N3O/c1-4-17(10-11(2)3)14(18)16-13-8-6-5-7-12(13)9-15/h5-8H,2,4,10H2,1,3H3,(H,16,18). The average Bonchev–Trinajstić information content (AvgIpc) is 2.36. The molecule has 0 fully saturated rings. The summed E-state index contributed by atoms with van der Waals surface area (Å²) in [6.45, 7) is 8.67. The van der Waals surface area contributed by atoms with Gasteiger partial charge in [-0.05, 0) is 26.0 Å². The van der Waals surface area contributed by atoms with Crippen molar-refractivity contribution in [3.63, 3.8) is 0 Å². The Morgan fingerprint density at radius 3 is 2.72 bits per heavy atom. The summed E-state index contributed by atoms with van der Waals surface area (Å²) in [5, 5.41) is 11.7. The van der Waals surface area contributed by atoms with Crippen molar-refractivity contribution >= 4 is 11.7 Å². The van der Waals surface area contributed by atoms with Crippen LogP contribution in [0.15, 0.2) is 36.4 Å². The number of anilines is 1. The van der Waals surface area contributed by atoms with Crippen LogP contribution in [0.25, 0.3) is 0 Å². The number of benzene rings is 1. The van der Waals surface area contributed by atoms with Crippen LogP contribution in [0.2, 0.25) is 0 Å². The molecule has 0 heterocycles. The van der Waals surface area contributed by atoms with Gasteiger partial charge in [-0.15, -0.1) is 0 Å². The third-order valence-corrected chi connectivity index (χ3v) is 2.42. The molecule has 0 bridgehead atoms. The van der Waals surface area contributed by atoms with Crippen LogP contribution in [0.1, 0.15) is 19.4 Å². The summed E-state index contributed by atoms with van der Waals surface area (Å²) >= 11 is 0. The van der Waals surface area contributed by atoms with Gasteiger partial charge in [-0.3, -0.25) is 0 Å². The number of urea groups is 1. The molecule has 0 aliphatic carbocycles. The zero-order chi connectivity index (χ0) is 13.5.